The molecule has 4 rings (SSSR count). The minimum atomic E-state index is -0.146. The van der Waals surface area contributed by atoms with Crippen molar-refractivity contribution in [1.82, 2.24) is 9.55 Å². The molecule has 0 atom stereocenters. The first-order chi connectivity index (χ1) is 15.0. The van der Waals surface area contributed by atoms with Crippen molar-refractivity contribution in [3.63, 3.8) is 0 Å². The lowest BCUT2D eigenvalue weighted by Gasteiger charge is -2.14. The quantitative estimate of drug-likeness (QED) is 0.428. The molecule has 0 bridgehead atoms. The molecule has 7 heteroatoms. The highest BCUT2D eigenvalue weighted by Gasteiger charge is 2.14. The van der Waals surface area contributed by atoms with Crippen molar-refractivity contribution in [1.29, 1.82) is 5.26 Å². The molecular weight excluding hydrogens is 410 g/mol. The van der Waals surface area contributed by atoms with Crippen LogP contribution in [0.15, 0.2) is 59.7 Å². The van der Waals surface area contributed by atoms with E-state index in [-0.39, 0.29) is 5.56 Å². The molecule has 0 aliphatic heterocycles. The molecule has 0 fully saturated rings. The number of methoxy groups -OCH3 is 1. The second-order valence-electron chi connectivity index (χ2n) is 7.47. The zero-order chi connectivity index (χ0) is 22.0. The van der Waals surface area contributed by atoms with Gasteiger partial charge in [-0.1, -0.05) is 26.0 Å². The number of aromatic nitrogens is 2. The van der Waals surface area contributed by atoms with Gasteiger partial charge in [0, 0.05) is 10.9 Å². The molecule has 0 aliphatic rings. The number of ether oxygens (including phenoxy) is 2. The summed E-state index contributed by atoms with van der Waals surface area (Å²) in [5, 5.41) is 8.98. The Balaban J connectivity index is 1.72. The summed E-state index contributed by atoms with van der Waals surface area (Å²) in [5.74, 6) is 1.60. The number of hydrogen-bond acceptors (Lipinski definition) is 6. The van der Waals surface area contributed by atoms with E-state index >= 15 is 0 Å². The maximum absolute atomic E-state index is 13.2. The van der Waals surface area contributed by atoms with E-state index in [0.29, 0.717) is 45.5 Å². The van der Waals surface area contributed by atoms with Gasteiger partial charge >= 0.3 is 0 Å². The first-order valence-electron chi connectivity index (χ1n) is 9.83. The predicted molar refractivity (Wildman–Crippen MR) is 122 cm³/mol. The number of hydrogen-bond donors (Lipinski definition) is 0. The molecule has 31 heavy (non-hydrogen) atoms. The zero-order valence-electron chi connectivity index (χ0n) is 17.5. The van der Waals surface area contributed by atoms with Crippen LogP contribution in [0.4, 0.5) is 0 Å². The first-order valence-corrected chi connectivity index (χ1v) is 10.6. The van der Waals surface area contributed by atoms with Crippen LogP contribution in [0.3, 0.4) is 0 Å². The van der Waals surface area contributed by atoms with Gasteiger partial charge in [0.1, 0.15) is 11.0 Å². The summed E-state index contributed by atoms with van der Waals surface area (Å²) in [5.41, 5.74) is 2.70. The van der Waals surface area contributed by atoms with Gasteiger partial charge in [-0.3, -0.25) is 9.36 Å². The van der Waals surface area contributed by atoms with Gasteiger partial charge in [-0.15, -0.1) is 11.3 Å². The summed E-state index contributed by atoms with van der Waals surface area (Å²) < 4.78 is 13.4. The lowest BCUT2D eigenvalue weighted by molar-refractivity contribution is 0.257. The molecule has 2 aromatic carbocycles. The highest BCUT2D eigenvalue weighted by Crippen LogP contribution is 2.32. The third kappa shape index (κ3) is 4.16. The van der Waals surface area contributed by atoms with Gasteiger partial charge in [0.05, 0.1) is 36.6 Å². The molecule has 156 valence electrons. The van der Waals surface area contributed by atoms with Crippen LogP contribution in [0.25, 0.3) is 26.3 Å². The number of thiophene rings is 1. The standard InChI is InChI=1S/C24H21N3O3S/c1-15(2)13-30-20-9-8-18(10-21(20)29-3)27-14-26-19-11-22(31-23(19)24(27)28)17-6-4-16(12-25)5-7-17/h4-11,14-15H,13H2,1-3H3. The molecule has 0 radical (unpaired) electrons. The van der Waals surface area contributed by atoms with Crippen molar-refractivity contribution in [2.45, 2.75) is 13.8 Å². The molecule has 2 aromatic heterocycles. The largest absolute Gasteiger partial charge is 0.493 e. The van der Waals surface area contributed by atoms with Crippen molar-refractivity contribution in [2.75, 3.05) is 13.7 Å². The number of fused-ring (bicyclic) bond motifs is 1. The van der Waals surface area contributed by atoms with E-state index in [1.54, 1.807) is 25.3 Å². The van der Waals surface area contributed by atoms with Gasteiger partial charge in [0.2, 0.25) is 0 Å². The molecule has 6 nitrogen and oxygen atoms in total. The molecule has 0 unspecified atom stereocenters. The van der Waals surface area contributed by atoms with Crippen LogP contribution in [0.2, 0.25) is 0 Å². The minimum Gasteiger partial charge on any atom is -0.493 e. The Kier molecular flexibility index (Phi) is 5.74. The van der Waals surface area contributed by atoms with E-state index in [1.165, 1.54) is 22.2 Å². The van der Waals surface area contributed by atoms with Gasteiger partial charge in [-0.25, -0.2) is 4.98 Å². The van der Waals surface area contributed by atoms with E-state index in [1.807, 2.05) is 30.3 Å². The summed E-state index contributed by atoms with van der Waals surface area (Å²) in [6, 6.07) is 16.7. The minimum absolute atomic E-state index is 0.146. The third-order valence-corrected chi connectivity index (χ3v) is 5.90. The Morgan fingerprint density at radius 1 is 1.13 bits per heavy atom. The van der Waals surface area contributed by atoms with Crippen molar-refractivity contribution < 1.29 is 9.47 Å². The number of benzene rings is 2. The fraction of sp³-hybridized carbons (Fsp3) is 0.208. The average molecular weight is 432 g/mol. The summed E-state index contributed by atoms with van der Waals surface area (Å²) in [7, 11) is 1.58. The molecule has 4 aromatic rings. The SMILES string of the molecule is COc1cc(-n2cnc3cc(-c4ccc(C#N)cc4)sc3c2=O)ccc1OCC(C)C. The second-order valence-corrected chi connectivity index (χ2v) is 8.53. The molecule has 0 spiro atoms. The van der Waals surface area contributed by atoms with Crippen molar-refractivity contribution in [2.24, 2.45) is 5.92 Å². The van der Waals surface area contributed by atoms with Gasteiger partial charge in [0.25, 0.3) is 5.56 Å². The van der Waals surface area contributed by atoms with Crippen LogP contribution < -0.4 is 15.0 Å². The lowest BCUT2D eigenvalue weighted by Crippen LogP contribution is -2.17. The molecule has 0 amide bonds. The molecule has 0 aliphatic carbocycles. The Morgan fingerprint density at radius 2 is 1.90 bits per heavy atom. The van der Waals surface area contributed by atoms with Gasteiger partial charge in [0.15, 0.2) is 11.5 Å². The Morgan fingerprint density at radius 3 is 2.58 bits per heavy atom. The van der Waals surface area contributed by atoms with Gasteiger partial charge in [-0.2, -0.15) is 5.26 Å². The Bertz CT molecular complexity index is 1330. The fourth-order valence-electron chi connectivity index (χ4n) is 3.13. The highest BCUT2D eigenvalue weighted by atomic mass is 32.1. The maximum Gasteiger partial charge on any atom is 0.275 e. The molecule has 2 heterocycles. The summed E-state index contributed by atoms with van der Waals surface area (Å²) in [4.78, 5) is 18.6. The molecule has 0 saturated carbocycles. The Hall–Kier alpha value is -3.63. The van der Waals surface area contributed by atoms with Crippen LogP contribution in [0, 0.1) is 17.2 Å². The van der Waals surface area contributed by atoms with Crippen LogP contribution in [0.5, 0.6) is 11.5 Å². The molecular formula is C24H21N3O3S. The zero-order valence-corrected chi connectivity index (χ0v) is 18.3. The van der Waals surface area contributed by atoms with Crippen molar-refractivity contribution >= 4 is 21.6 Å². The van der Waals surface area contributed by atoms with E-state index in [9.17, 15) is 4.79 Å². The van der Waals surface area contributed by atoms with Crippen molar-refractivity contribution in [3.8, 4) is 33.7 Å². The first kappa shape index (κ1) is 20.6. The normalized spacial score (nSPS) is 10.9. The number of nitriles is 1. The Labute approximate surface area is 183 Å². The van der Waals surface area contributed by atoms with E-state index in [2.05, 4.69) is 24.9 Å². The summed E-state index contributed by atoms with van der Waals surface area (Å²) >= 11 is 1.39. The second kappa shape index (κ2) is 8.62. The van der Waals surface area contributed by atoms with Gasteiger partial charge in [-0.05, 0) is 41.8 Å². The summed E-state index contributed by atoms with van der Waals surface area (Å²) in [6.45, 7) is 4.74. The maximum atomic E-state index is 13.2. The number of nitrogens with zero attached hydrogens (tertiary/aromatic N) is 3. The van der Waals surface area contributed by atoms with Gasteiger partial charge < -0.3 is 9.47 Å². The van der Waals surface area contributed by atoms with Crippen LogP contribution in [-0.4, -0.2) is 23.3 Å². The van der Waals surface area contributed by atoms with Crippen molar-refractivity contribution in [3.05, 3.63) is 70.8 Å². The van der Waals surface area contributed by atoms with Crippen LogP contribution >= 0.6 is 11.3 Å². The van der Waals surface area contributed by atoms with Crippen LogP contribution in [0.1, 0.15) is 19.4 Å². The van der Waals surface area contributed by atoms with E-state index < -0.39 is 0 Å². The topological polar surface area (TPSA) is 77.1 Å². The summed E-state index contributed by atoms with van der Waals surface area (Å²) in [6.07, 6.45) is 1.53. The predicted octanol–water partition coefficient (Wildman–Crippen LogP) is 5.03. The fourth-order valence-corrected chi connectivity index (χ4v) is 4.18. The molecule has 0 saturated heterocycles. The highest BCUT2D eigenvalue weighted by molar-refractivity contribution is 7.22. The average Bonchev–Trinajstić information content (AvgIpc) is 3.23. The third-order valence-electron chi connectivity index (χ3n) is 4.73. The smallest absolute Gasteiger partial charge is 0.275 e. The van der Waals surface area contributed by atoms with E-state index in [0.717, 1.165) is 10.4 Å². The van der Waals surface area contributed by atoms with Crippen LogP contribution in [-0.2, 0) is 0 Å². The lowest BCUT2D eigenvalue weighted by atomic mass is 10.1. The monoisotopic (exact) mass is 431 g/mol. The van der Waals surface area contributed by atoms with E-state index in [4.69, 9.17) is 14.7 Å². The number of rotatable bonds is 6. The molecule has 0 N–H and O–H groups in total.